The predicted molar refractivity (Wildman–Crippen MR) is 105 cm³/mol. The zero-order valence-electron chi connectivity index (χ0n) is 17.5. The average Bonchev–Trinajstić information content (AvgIpc) is 2.54. The van der Waals surface area contributed by atoms with Crippen molar-refractivity contribution < 1.29 is 47.6 Å². The molecule has 0 radical (unpaired) electrons. The van der Waals surface area contributed by atoms with Gasteiger partial charge >= 0.3 is 29.6 Å². The summed E-state index contributed by atoms with van der Waals surface area (Å²) in [6.07, 6.45) is 16.3. The van der Waals surface area contributed by atoms with Crippen molar-refractivity contribution in [2.45, 2.75) is 128 Å². The van der Waals surface area contributed by atoms with E-state index in [2.05, 4.69) is 6.92 Å². The van der Waals surface area contributed by atoms with Crippen LogP contribution >= 0.6 is 0 Å². The minimum absolute atomic E-state index is 0. The van der Waals surface area contributed by atoms with E-state index < -0.39 is 21.5 Å². The van der Waals surface area contributed by atoms with Gasteiger partial charge in [-0.1, -0.05) is 104 Å². The number of rotatable bonds is 18. The SMILES string of the molecule is CCCCCCCCCCCCCCCC(C(O)CCC)S(=O)(=O)[O-].[Na+]. The molecular formula is C20H41NaO4S. The zero-order valence-corrected chi connectivity index (χ0v) is 20.4. The second kappa shape index (κ2) is 19.2. The van der Waals surface area contributed by atoms with Gasteiger partial charge in [0.05, 0.1) is 11.4 Å². The van der Waals surface area contributed by atoms with E-state index in [-0.39, 0.29) is 29.6 Å². The van der Waals surface area contributed by atoms with Crippen molar-refractivity contribution in [3.63, 3.8) is 0 Å². The van der Waals surface area contributed by atoms with Crippen LogP contribution in [0.4, 0.5) is 0 Å². The Labute approximate surface area is 185 Å². The summed E-state index contributed by atoms with van der Waals surface area (Å²) in [5.41, 5.74) is 0. The number of aliphatic hydroxyl groups excluding tert-OH is 1. The molecule has 0 bridgehead atoms. The Hall–Kier alpha value is 0.870. The minimum atomic E-state index is -4.40. The van der Waals surface area contributed by atoms with Crippen LogP contribution in [0, 0.1) is 0 Å². The van der Waals surface area contributed by atoms with Crippen molar-refractivity contribution >= 4 is 10.1 Å². The third-order valence-electron chi connectivity index (χ3n) is 4.98. The smallest absolute Gasteiger partial charge is 0.748 e. The third-order valence-corrected chi connectivity index (χ3v) is 6.27. The average molecular weight is 401 g/mol. The molecule has 0 saturated carbocycles. The largest absolute Gasteiger partial charge is 1.00 e. The minimum Gasteiger partial charge on any atom is -0.748 e. The molecule has 0 aromatic rings. The molecule has 0 aliphatic carbocycles. The van der Waals surface area contributed by atoms with Crippen LogP contribution in [0.15, 0.2) is 0 Å². The summed E-state index contributed by atoms with van der Waals surface area (Å²) in [5.74, 6) is 0. The summed E-state index contributed by atoms with van der Waals surface area (Å²) < 4.78 is 33.8. The van der Waals surface area contributed by atoms with E-state index in [9.17, 15) is 18.1 Å². The van der Waals surface area contributed by atoms with E-state index in [0.717, 1.165) is 12.8 Å². The van der Waals surface area contributed by atoms with Gasteiger partial charge < -0.3 is 9.66 Å². The molecule has 6 heteroatoms. The Balaban J connectivity index is 0. The molecule has 2 unspecified atom stereocenters. The standard InChI is InChI=1S/C20H42O4S.Na/c1-3-5-6-7-8-9-10-11-12-13-14-15-16-18-20(25(22,23)24)19(21)17-4-2;/h19-21H,3-18H2,1-2H3,(H,22,23,24);/q;+1/p-1. The molecule has 2 atom stereocenters. The van der Waals surface area contributed by atoms with Crippen LogP contribution < -0.4 is 29.6 Å². The number of unbranched alkanes of at least 4 members (excludes halogenated alkanes) is 12. The Morgan fingerprint density at radius 3 is 1.42 bits per heavy atom. The fourth-order valence-corrected chi connectivity index (χ4v) is 4.35. The maximum absolute atomic E-state index is 11.3. The molecule has 152 valence electrons. The van der Waals surface area contributed by atoms with Crippen molar-refractivity contribution in [3.8, 4) is 0 Å². The van der Waals surface area contributed by atoms with E-state index in [4.69, 9.17) is 0 Å². The van der Waals surface area contributed by atoms with E-state index in [1.165, 1.54) is 64.2 Å². The fourth-order valence-electron chi connectivity index (χ4n) is 3.37. The predicted octanol–water partition coefficient (Wildman–Crippen LogP) is 2.55. The molecule has 0 rings (SSSR count). The molecule has 0 heterocycles. The van der Waals surface area contributed by atoms with Crippen molar-refractivity contribution in [2.75, 3.05) is 0 Å². The Kier molecular flexibility index (Phi) is 21.5. The van der Waals surface area contributed by atoms with Gasteiger partial charge in [-0.25, -0.2) is 8.42 Å². The summed E-state index contributed by atoms with van der Waals surface area (Å²) >= 11 is 0. The van der Waals surface area contributed by atoms with Crippen LogP contribution in [0.25, 0.3) is 0 Å². The molecule has 0 aromatic carbocycles. The van der Waals surface area contributed by atoms with E-state index >= 15 is 0 Å². The maximum Gasteiger partial charge on any atom is 1.00 e. The molecule has 0 fully saturated rings. The van der Waals surface area contributed by atoms with Crippen molar-refractivity contribution in [2.24, 2.45) is 0 Å². The Morgan fingerprint density at radius 1 is 0.692 bits per heavy atom. The van der Waals surface area contributed by atoms with Gasteiger partial charge in [0.25, 0.3) is 0 Å². The first-order valence-electron chi connectivity index (χ1n) is 10.6. The van der Waals surface area contributed by atoms with Crippen LogP contribution in [0.5, 0.6) is 0 Å². The molecule has 1 N–H and O–H groups in total. The Morgan fingerprint density at radius 2 is 1.08 bits per heavy atom. The van der Waals surface area contributed by atoms with Crippen molar-refractivity contribution in [3.05, 3.63) is 0 Å². The quantitative estimate of drug-likeness (QED) is 0.218. The summed E-state index contributed by atoms with van der Waals surface area (Å²) in [4.78, 5) is 0. The molecule has 0 saturated heterocycles. The zero-order chi connectivity index (χ0) is 19.0. The van der Waals surface area contributed by atoms with Crippen LogP contribution in [0.3, 0.4) is 0 Å². The molecular weight excluding hydrogens is 359 g/mol. The first-order chi connectivity index (χ1) is 11.9. The first-order valence-corrected chi connectivity index (χ1v) is 12.0. The maximum atomic E-state index is 11.3. The summed E-state index contributed by atoms with van der Waals surface area (Å²) in [6, 6.07) is 0. The van der Waals surface area contributed by atoms with E-state index in [0.29, 0.717) is 25.7 Å². The number of hydrogen-bond donors (Lipinski definition) is 1. The third kappa shape index (κ3) is 17.0. The normalized spacial score (nSPS) is 14.0. The second-order valence-corrected chi connectivity index (χ2v) is 9.01. The Bertz CT molecular complexity index is 387. The van der Waals surface area contributed by atoms with Crippen molar-refractivity contribution in [1.82, 2.24) is 0 Å². The summed E-state index contributed by atoms with van der Waals surface area (Å²) in [7, 11) is -4.40. The second-order valence-electron chi connectivity index (χ2n) is 7.42. The van der Waals surface area contributed by atoms with Gasteiger partial charge in [0.2, 0.25) is 0 Å². The first kappa shape index (κ1) is 29.1. The monoisotopic (exact) mass is 400 g/mol. The van der Waals surface area contributed by atoms with Gasteiger partial charge in [0.15, 0.2) is 0 Å². The van der Waals surface area contributed by atoms with E-state index in [1.54, 1.807) is 0 Å². The molecule has 0 amide bonds. The summed E-state index contributed by atoms with van der Waals surface area (Å²) in [5, 5.41) is 8.73. The fraction of sp³-hybridized carbons (Fsp3) is 1.00. The molecule has 0 aromatic heterocycles. The number of hydrogen-bond acceptors (Lipinski definition) is 4. The van der Waals surface area contributed by atoms with Crippen LogP contribution in [0.2, 0.25) is 0 Å². The molecule has 26 heavy (non-hydrogen) atoms. The van der Waals surface area contributed by atoms with Gasteiger partial charge in [-0.15, -0.1) is 0 Å². The molecule has 0 aliphatic heterocycles. The van der Waals surface area contributed by atoms with Crippen molar-refractivity contribution in [1.29, 1.82) is 0 Å². The van der Waals surface area contributed by atoms with Crippen LogP contribution in [0.1, 0.15) is 117 Å². The van der Waals surface area contributed by atoms with E-state index in [1.807, 2.05) is 6.92 Å². The topological polar surface area (TPSA) is 77.4 Å². The molecule has 0 spiro atoms. The van der Waals surface area contributed by atoms with Gasteiger partial charge in [-0.05, 0) is 12.8 Å². The van der Waals surface area contributed by atoms with Crippen LogP contribution in [-0.4, -0.2) is 29.4 Å². The molecule has 4 nitrogen and oxygen atoms in total. The van der Waals surface area contributed by atoms with Gasteiger partial charge in [-0.2, -0.15) is 0 Å². The number of aliphatic hydroxyl groups is 1. The summed E-state index contributed by atoms with van der Waals surface area (Å²) in [6.45, 7) is 4.12. The van der Waals surface area contributed by atoms with Gasteiger partial charge in [0, 0.05) is 0 Å². The van der Waals surface area contributed by atoms with Gasteiger partial charge in [-0.3, -0.25) is 0 Å². The van der Waals surface area contributed by atoms with Crippen LogP contribution in [-0.2, 0) is 10.1 Å². The van der Waals surface area contributed by atoms with Gasteiger partial charge in [0.1, 0.15) is 10.1 Å². The molecule has 0 aliphatic rings.